The molecule has 8 aromatic rings. The van der Waals surface area contributed by atoms with E-state index in [4.69, 9.17) is 4.98 Å². The van der Waals surface area contributed by atoms with E-state index in [0.717, 1.165) is 11.2 Å². The van der Waals surface area contributed by atoms with Crippen LogP contribution in [0.5, 0.6) is 0 Å². The lowest BCUT2D eigenvalue weighted by Crippen LogP contribution is -2.16. The number of fused-ring (bicyclic) bond motifs is 5. The van der Waals surface area contributed by atoms with Crippen molar-refractivity contribution in [2.75, 3.05) is 4.90 Å². The van der Waals surface area contributed by atoms with E-state index >= 15 is 0 Å². The summed E-state index contributed by atoms with van der Waals surface area (Å²) in [5.74, 6) is 0. The molecular formula is C40H28N2. The lowest BCUT2D eigenvalue weighted by molar-refractivity contribution is 0.660. The molecule has 1 aliphatic carbocycles. The maximum Gasteiger partial charge on any atom is 0.0780 e. The SMILES string of the molecule is CC1(C)c2ccccc2-c2ccc(N(c3ccccc3)c3ccc4ccc5cc6cccnc6c6ccc3c4c56)cc21. The van der Waals surface area contributed by atoms with Crippen LogP contribution in [-0.2, 0) is 5.41 Å². The van der Waals surface area contributed by atoms with E-state index in [2.05, 4.69) is 140 Å². The lowest BCUT2D eigenvalue weighted by atomic mass is 9.82. The van der Waals surface area contributed by atoms with Gasteiger partial charge in [-0.25, -0.2) is 0 Å². The van der Waals surface area contributed by atoms with Gasteiger partial charge in [-0.15, -0.1) is 0 Å². The van der Waals surface area contributed by atoms with E-state index in [9.17, 15) is 0 Å². The molecule has 0 spiro atoms. The number of para-hydroxylation sites is 1. The van der Waals surface area contributed by atoms with Crippen molar-refractivity contribution >= 4 is 60.3 Å². The highest BCUT2D eigenvalue weighted by molar-refractivity contribution is 6.30. The van der Waals surface area contributed by atoms with Gasteiger partial charge in [-0.1, -0.05) is 98.8 Å². The molecular weight excluding hydrogens is 508 g/mol. The second kappa shape index (κ2) is 8.41. The maximum absolute atomic E-state index is 4.79. The predicted molar refractivity (Wildman–Crippen MR) is 178 cm³/mol. The Kier molecular flexibility index (Phi) is 4.70. The topological polar surface area (TPSA) is 16.1 Å². The highest BCUT2D eigenvalue weighted by Gasteiger charge is 2.35. The third-order valence-electron chi connectivity index (χ3n) is 9.41. The highest BCUT2D eigenvalue weighted by Crippen LogP contribution is 2.51. The summed E-state index contributed by atoms with van der Waals surface area (Å²) < 4.78 is 0. The zero-order valence-corrected chi connectivity index (χ0v) is 23.6. The summed E-state index contributed by atoms with van der Waals surface area (Å²) in [4.78, 5) is 7.23. The van der Waals surface area contributed by atoms with E-state index < -0.39 is 0 Å². The van der Waals surface area contributed by atoms with Crippen LogP contribution in [0.3, 0.4) is 0 Å². The summed E-state index contributed by atoms with van der Waals surface area (Å²) in [5, 5.41) is 8.72. The van der Waals surface area contributed by atoms with E-state index in [1.54, 1.807) is 0 Å². The van der Waals surface area contributed by atoms with Crippen molar-refractivity contribution in [1.29, 1.82) is 0 Å². The van der Waals surface area contributed by atoms with E-state index in [1.807, 2.05) is 12.3 Å². The van der Waals surface area contributed by atoms with E-state index in [0.29, 0.717) is 0 Å². The number of anilines is 3. The van der Waals surface area contributed by atoms with Crippen LogP contribution < -0.4 is 4.90 Å². The Morgan fingerprint density at radius 1 is 0.524 bits per heavy atom. The van der Waals surface area contributed by atoms with Crippen molar-refractivity contribution in [3.8, 4) is 11.1 Å². The number of aromatic nitrogens is 1. The average molecular weight is 537 g/mol. The van der Waals surface area contributed by atoms with Crippen molar-refractivity contribution < 1.29 is 0 Å². The Labute approximate surface area is 244 Å². The largest absolute Gasteiger partial charge is 0.310 e. The highest BCUT2D eigenvalue weighted by atomic mass is 15.1. The number of hydrogen-bond donors (Lipinski definition) is 0. The number of pyridine rings is 1. The molecule has 1 aliphatic rings. The summed E-state index contributed by atoms with van der Waals surface area (Å²) >= 11 is 0. The molecule has 0 radical (unpaired) electrons. The van der Waals surface area contributed by atoms with Crippen LogP contribution in [0.15, 0.2) is 134 Å². The Morgan fingerprint density at radius 2 is 1.26 bits per heavy atom. The smallest absolute Gasteiger partial charge is 0.0780 e. The normalized spacial score (nSPS) is 13.7. The summed E-state index contributed by atoms with van der Waals surface area (Å²) in [7, 11) is 0. The van der Waals surface area contributed by atoms with Crippen molar-refractivity contribution in [1.82, 2.24) is 4.98 Å². The molecule has 1 aromatic heterocycles. The first-order chi connectivity index (χ1) is 20.6. The standard InChI is InChI=1S/C40H28N2/c1-40(2)34-13-7-6-12-30(34)31-18-17-29(24-35(31)40)42(28-10-4-3-5-11-28)36-21-16-25-14-15-26-23-27-9-8-22-41-39(27)33-20-19-32(36)37(25)38(26)33/h3-24H,1-2H3. The summed E-state index contributed by atoms with van der Waals surface area (Å²) in [6.07, 6.45) is 1.90. The van der Waals surface area contributed by atoms with Crippen LogP contribution in [0.25, 0.3) is 54.3 Å². The molecule has 0 fully saturated rings. The van der Waals surface area contributed by atoms with Gasteiger partial charge in [0.15, 0.2) is 0 Å². The molecule has 0 unspecified atom stereocenters. The van der Waals surface area contributed by atoms with E-state index in [-0.39, 0.29) is 5.41 Å². The van der Waals surface area contributed by atoms with Crippen LogP contribution >= 0.6 is 0 Å². The molecule has 2 heteroatoms. The van der Waals surface area contributed by atoms with Gasteiger partial charge in [0.2, 0.25) is 0 Å². The predicted octanol–water partition coefficient (Wildman–Crippen LogP) is 10.9. The number of benzene rings is 7. The number of hydrogen-bond acceptors (Lipinski definition) is 2. The second-order valence-corrected chi connectivity index (χ2v) is 12.0. The minimum absolute atomic E-state index is 0.0684. The molecule has 0 aliphatic heterocycles. The van der Waals surface area contributed by atoms with Crippen LogP contribution in [0.4, 0.5) is 17.1 Å². The van der Waals surface area contributed by atoms with Gasteiger partial charge in [-0.2, -0.15) is 0 Å². The summed E-state index contributed by atoms with van der Waals surface area (Å²) in [6.45, 7) is 4.70. The molecule has 9 rings (SSSR count). The van der Waals surface area contributed by atoms with Crippen LogP contribution in [0.1, 0.15) is 25.0 Å². The zero-order valence-electron chi connectivity index (χ0n) is 23.6. The minimum Gasteiger partial charge on any atom is -0.310 e. The van der Waals surface area contributed by atoms with E-state index in [1.165, 1.54) is 71.3 Å². The van der Waals surface area contributed by atoms with Crippen LogP contribution in [0, 0.1) is 0 Å². The average Bonchev–Trinajstić information content (AvgIpc) is 3.27. The van der Waals surface area contributed by atoms with Crippen molar-refractivity contribution in [3.63, 3.8) is 0 Å². The molecule has 0 atom stereocenters. The van der Waals surface area contributed by atoms with Crippen molar-refractivity contribution in [2.24, 2.45) is 0 Å². The third kappa shape index (κ3) is 3.12. The number of rotatable bonds is 3. The van der Waals surface area contributed by atoms with Gasteiger partial charge in [0, 0.05) is 39.1 Å². The maximum atomic E-state index is 4.79. The van der Waals surface area contributed by atoms with Gasteiger partial charge in [0.05, 0.1) is 11.2 Å². The zero-order chi connectivity index (χ0) is 28.0. The molecule has 198 valence electrons. The monoisotopic (exact) mass is 536 g/mol. The Balaban J connectivity index is 1.33. The molecule has 2 nitrogen and oxygen atoms in total. The first-order valence-corrected chi connectivity index (χ1v) is 14.6. The quantitative estimate of drug-likeness (QED) is 0.165. The summed E-state index contributed by atoms with van der Waals surface area (Å²) in [5.41, 5.74) is 9.94. The molecule has 0 saturated heterocycles. The van der Waals surface area contributed by atoms with Gasteiger partial charge in [0.25, 0.3) is 0 Å². The molecule has 7 aromatic carbocycles. The summed E-state index contributed by atoms with van der Waals surface area (Å²) in [6, 6.07) is 46.8. The fourth-order valence-electron chi connectivity index (χ4n) is 7.43. The fraction of sp³-hybridized carbons (Fsp3) is 0.0750. The van der Waals surface area contributed by atoms with Crippen LogP contribution in [0.2, 0.25) is 0 Å². The molecule has 1 heterocycles. The fourth-order valence-corrected chi connectivity index (χ4v) is 7.43. The van der Waals surface area contributed by atoms with Gasteiger partial charge >= 0.3 is 0 Å². The lowest BCUT2D eigenvalue weighted by Gasteiger charge is -2.29. The number of nitrogens with zero attached hydrogens (tertiary/aromatic N) is 2. The molecule has 0 bridgehead atoms. The second-order valence-electron chi connectivity index (χ2n) is 12.0. The Morgan fingerprint density at radius 3 is 2.17 bits per heavy atom. The van der Waals surface area contributed by atoms with Gasteiger partial charge in [-0.3, -0.25) is 4.98 Å². The van der Waals surface area contributed by atoms with Crippen molar-refractivity contribution in [2.45, 2.75) is 19.3 Å². The molecule has 0 amide bonds. The third-order valence-corrected chi connectivity index (χ3v) is 9.41. The Bertz CT molecular complexity index is 2330. The van der Waals surface area contributed by atoms with Crippen molar-refractivity contribution in [3.05, 3.63) is 145 Å². The Hall–Kier alpha value is -5.21. The van der Waals surface area contributed by atoms with Gasteiger partial charge in [0.1, 0.15) is 0 Å². The van der Waals surface area contributed by atoms with Gasteiger partial charge in [-0.05, 0) is 86.3 Å². The first kappa shape index (κ1) is 23.5. The molecule has 0 N–H and O–H groups in total. The minimum atomic E-state index is -0.0684. The molecule has 42 heavy (non-hydrogen) atoms. The molecule has 0 saturated carbocycles. The van der Waals surface area contributed by atoms with Crippen LogP contribution in [-0.4, -0.2) is 4.98 Å². The first-order valence-electron chi connectivity index (χ1n) is 14.6. The van der Waals surface area contributed by atoms with Gasteiger partial charge < -0.3 is 4.90 Å².